The molecule has 4 heteroatoms. The lowest BCUT2D eigenvalue weighted by atomic mass is 10.5. The Kier molecular flexibility index (Phi) is 3.90. The summed E-state index contributed by atoms with van der Waals surface area (Å²) in [7, 11) is 1.69. The van der Waals surface area contributed by atoms with E-state index >= 15 is 0 Å². The molecule has 0 saturated heterocycles. The van der Waals surface area contributed by atoms with Gasteiger partial charge in [0, 0.05) is 12.9 Å². The SMILES string of the molecule is COCCSc1cccc(N)n1. The van der Waals surface area contributed by atoms with E-state index in [0.29, 0.717) is 5.82 Å². The third kappa shape index (κ3) is 3.11. The van der Waals surface area contributed by atoms with E-state index in [0.717, 1.165) is 17.4 Å². The van der Waals surface area contributed by atoms with Gasteiger partial charge >= 0.3 is 0 Å². The number of hydrogen-bond donors (Lipinski definition) is 1. The quantitative estimate of drug-likeness (QED) is 0.567. The van der Waals surface area contributed by atoms with Gasteiger partial charge < -0.3 is 10.5 Å². The zero-order valence-corrected chi connectivity index (χ0v) is 7.80. The Labute approximate surface area is 76.3 Å². The van der Waals surface area contributed by atoms with Crippen molar-refractivity contribution in [3.63, 3.8) is 0 Å². The first-order valence-corrected chi connectivity index (χ1v) is 4.66. The van der Waals surface area contributed by atoms with Crippen LogP contribution in [0, 0.1) is 0 Å². The molecule has 0 aromatic carbocycles. The highest BCUT2D eigenvalue weighted by Crippen LogP contribution is 2.15. The second kappa shape index (κ2) is 5.00. The molecule has 1 aromatic rings. The van der Waals surface area contributed by atoms with Gasteiger partial charge in [0.2, 0.25) is 0 Å². The molecule has 66 valence electrons. The summed E-state index contributed by atoms with van der Waals surface area (Å²) >= 11 is 1.64. The molecule has 3 nitrogen and oxygen atoms in total. The van der Waals surface area contributed by atoms with Crippen molar-refractivity contribution in [1.29, 1.82) is 0 Å². The van der Waals surface area contributed by atoms with Gasteiger partial charge in [0.25, 0.3) is 0 Å². The van der Waals surface area contributed by atoms with Crippen LogP contribution in [0.2, 0.25) is 0 Å². The molecule has 1 aromatic heterocycles. The number of pyridine rings is 1. The van der Waals surface area contributed by atoms with E-state index in [1.165, 1.54) is 0 Å². The van der Waals surface area contributed by atoms with Crippen LogP contribution in [0.5, 0.6) is 0 Å². The van der Waals surface area contributed by atoms with Crippen molar-refractivity contribution in [2.75, 3.05) is 25.2 Å². The summed E-state index contributed by atoms with van der Waals surface area (Å²) in [6, 6.07) is 5.62. The summed E-state index contributed by atoms with van der Waals surface area (Å²) in [5, 5.41) is 0.951. The average molecular weight is 184 g/mol. The van der Waals surface area contributed by atoms with Gasteiger partial charge in [0.05, 0.1) is 11.6 Å². The molecule has 1 rings (SSSR count). The highest BCUT2D eigenvalue weighted by Gasteiger charge is 1.94. The summed E-state index contributed by atoms with van der Waals surface area (Å²) in [4.78, 5) is 4.13. The number of ether oxygens (including phenoxy) is 1. The van der Waals surface area contributed by atoms with Crippen molar-refractivity contribution in [2.24, 2.45) is 0 Å². The molecule has 0 aliphatic rings. The van der Waals surface area contributed by atoms with Crippen LogP contribution in [-0.2, 0) is 4.74 Å². The van der Waals surface area contributed by atoms with Gasteiger partial charge in [-0.05, 0) is 12.1 Å². The molecule has 2 N–H and O–H groups in total. The van der Waals surface area contributed by atoms with Crippen molar-refractivity contribution in [3.8, 4) is 0 Å². The van der Waals surface area contributed by atoms with Gasteiger partial charge in [-0.25, -0.2) is 4.98 Å². The number of methoxy groups -OCH3 is 1. The number of anilines is 1. The number of hydrogen-bond acceptors (Lipinski definition) is 4. The Morgan fingerprint density at radius 1 is 1.58 bits per heavy atom. The number of nitrogen functional groups attached to an aromatic ring is 1. The average Bonchev–Trinajstić information content (AvgIpc) is 2.05. The van der Waals surface area contributed by atoms with Gasteiger partial charge in [-0.3, -0.25) is 0 Å². The molecule has 0 atom stereocenters. The first-order chi connectivity index (χ1) is 5.83. The first kappa shape index (κ1) is 9.35. The highest BCUT2D eigenvalue weighted by molar-refractivity contribution is 7.99. The number of nitrogens with zero attached hydrogens (tertiary/aromatic N) is 1. The monoisotopic (exact) mass is 184 g/mol. The van der Waals surface area contributed by atoms with Crippen molar-refractivity contribution in [2.45, 2.75) is 5.03 Å². The van der Waals surface area contributed by atoms with Crippen molar-refractivity contribution in [1.82, 2.24) is 4.98 Å². The van der Waals surface area contributed by atoms with Crippen molar-refractivity contribution >= 4 is 17.6 Å². The van der Waals surface area contributed by atoms with E-state index in [1.807, 2.05) is 12.1 Å². The molecule has 12 heavy (non-hydrogen) atoms. The largest absolute Gasteiger partial charge is 0.384 e. The lowest BCUT2D eigenvalue weighted by molar-refractivity contribution is 0.218. The maximum Gasteiger partial charge on any atom is 0.124 e. The fourth-order valence-electron chi connectivity index (χ4n) is 0.741. The molecule has 0 radical (unpaired) electrons. The zero-order valence-electron chi connectivity index (χ0n) is 6.99. The predicted octanol–water partition coefficient (Wildman–Crippen LogP) is 1.40. The number of rotatable bonds is 4. The Bertz CT molecular complexity index is 242. The molecule has 0 saturated carbocycles. The van der Waals surface area contributed by atoms with E-state index in [9.17, 15) is 0 Å². The minimum absolute atomic E-state index is 0.567. The minimum Gasteiger partial charge on any atom is -0.384 e. The highest BCUT2D eigenvalue weighted by atomic mass is 32.2. The second-order valence-corrected chi connectivity index (χ2v) is 3.36. The first-order valence-electron chi connectivity index (χ1n) is 3.67. The number of aromatic nitrogens is 1. The van der Waals surface area contributed by atoms with E-state index in [-0.39, 0.29) is 0 Å². The smallest absolute Gasteiger partial charge is 0.124 e. The summed E-state index contributed by atoms with van der Waals surface area (Å²) in [5.41, 5.74) is 5.51. The van der Waals surface area contributed by atoms with E-state index in [2.05, 4.69) is 4.98 Å². The molecular formula is C8H12N2OS. The van der Waals surface area contributed by atoms with Crippen LogP contribution in [0.3, 0.4) is 0 Å². The number of nitrogens with two attached hydrogens (primary N) is 1. The summed E-state index contributed by atoms with van der Waals surface area (Å²) in [6.07, 6.45) is 0. The lowest BCUT2D eigenvalue weighted by Gasteiger charge is -1.99. The fraction of sp³-hybridized carbons (Fsp3) is 0.375. The van der Waals surface area contributed by atoms with Crippen LogP contribution in [0.15, 0.2) is 23.2 Å². The van der Waals surface area contributed by atoms with Crippen LogP contribution < -0.4 is 5.73 Å². The van der Waals surface area contributed by atoms with Crippen molar-refractivity contribution in [3.05, 3.63) is 18.2 Å². The molecule has 0 aliphatic heterocycles. The van der Waals surface area contributed by atoms with Gasteiger partial charge in [-0.2, -0.15) is 0 Å². The van der Waals surface area contributed by atoms with Crippen LogP contribution in [0.25, 0.3) is 0 Å². The van der Waals surface area contributed by atoms with Gasteiger partial charge in [0.15, 0.2) is 0 Å². The van der Waals surface area contributed by atoms with E-state index < -0.39 is 0 Å². The molecule has 0 unspecified atom stereocenters. The third-order valence-corrected chi connectivity index (χ3v) is 2.18. The molecule has 0 aliphatic carbocycles. The Morgan fingerprint density at radius 3 is 3.08 bits per heavy atom. The van der Waals surface area contributed by atoms with Crippen LogP contribution in [-0.4, -0.2) is 24.5 Å². The lowest BCUT2D eigenvalue weighted by Crippen LogP contribution is -1.94. The summed E-state index contributed by atoms with van der Waals surface area (Å²) in [6.45, 7) is 0.737. The van der Waals surface area contributed by atoms with Crippen molar-refractivity contribution < 1.29 is 4.74 Å². The van der Waals surface area contributed by atoms with E-state index in [4.69, 9.17) is 10.5 Å². The fourth-order valence-corrected chi connectivity index (χ4v) is 1.54. The second-order valence-electron chi connectivity index (χ2n) is 2.24. The molecule has 0 bridgehead atoms. The zero-order chi connectivity index (χ0) is 8.81. The number of thioether (sulfide) groups is 1. The maximum absolute atomic E-state index is 5.51. The molecule has 0 amide bonds. The Balaban J connectivity index is 2.41. The van der Waals surface area contributed by atoms with E-state index in [1.54, 1.807) is 24.9 Å². The summed E-state index contributed by atoms with van der Waals surface area (Å²) in [5.74, 6) is 1.48. The summed E-state index contributed by atoms with van der Waals surface area (Å²) < 4.78 is 4.91. The van der Waals surface area contributed by atoms with Crippen LogP contribution in [0.1, 0.15) is 0 Å². The molecular weight excluding hydrogens is 172 g/mol. The Hall–Kier alpha value is -0.740. The minimum atomic E-state index is 0.567. The molecule has 1 heterocycles. The standard InChI is InChI=1S/C8H12N2OS/c1-11-5-6-12-8-4-2-3-7(9)10-8/h2-4H,5-6H2,1H3,(H2,9,10). The maximum atomic E-state index is 5.51. The van der Waals surface area contributed by atoms with Crippen LogP contribution in [0.4, 0.5) is 5.82 Å². The Morgan fingerprint density at radius 2 is 2.42 bits per heavy atom. The topological polar surface area (TPSA) is 48.1 Å². The molecule has 0 spiro atoms. The predicted molar refractivity (Wildman–Crippen MR) is 51.2 cm³/mol. The third-order valence-electron chi connectivity index (χ3n) is 1.28. The van der Waals surface area contributed by atoms with Gasteiger partial charge in [-0.1, -0.05) is 6.07 Å². The van der Waals surface area contributed by atoms with Crippen LogP contribution >= 0.6 is 11.8 Å². The van der Waals surface area contributed by atoms with Gasteiger partial charge in [0.1, 0.15) is 5.82 Å². The van der Waals surface area contributed by atoms with Gasteiger partial charge in [-0.15, -0.1) is 11.8 Å². The normalized spacial score (nSPS) is 10.1. The molecule has 0 fully saturated rings.